The van der Waals surface area contributed by atoms with E-state index in [4.69, 9.17) is 0 Å². The monoisotopic (exact) mass is 467 g/mol. The van der Waals surface area contributed by atoms with E-state index in [0.717, 1.165) is 44.8 Å². The average molecular weight is 468 g/mol. The van der Waals surface area contributed by atoms with Crippen molar-refractivity contribution in [2.75, 3.05) is 22.9 Å². The van der Waals surface area contributed by atoms with Gasteiger partial charge in [0.05, 0.1) is 5.69 Å². The molecule has 2 aliphatic rings. The Labute approximate surface area is 183 Å². The lowest BCUT2D eigenvalue weighted by molar-refractivity contribution is -0.122. The smallest absolute Gasteiger partial charge is 0.335 e. The van der Waals surface area contributed by atoms with E-state index in [1.165, 1.54) is 12.8 Å². The van der Waals surface area contributed by atoms with E-state index in [2.05, 4.69) is 32.2 Å². The molecule has 0 aliphatic carbocycles. The Morgan fingerprint density at radius 2 is 1.70 bits per heavy atom. The van der Waals surface area contributed by atoms with Crippen LogP contribution in [0, 0.1) is 13.8 Å². The molecule has 0 saturated carbocycles. The summed E-state index contributed by atoms with van der Waals surface area (Å²) in [5.74, 6) is -1.31. The highest BCUT2D eigenvalue weighted by molar-refractivity contribution is 9.10. The molecule has 6 nitrogen and oxygen atoms in total. The number of hydrogen-bond donors (Lipinski definition) is 1. The summed E-state index contributed by atoms with van der Waals surface area (Å²) < 4.78 is 0.842. The number of hydrogen-bond acceptors (Lipinski definition) is 4. The number of nitrogens with zero attached hydrogens (tertiary/aromatic N) is 2. The molecular formula is C23H22BrN3O3. The number of halogens is 1. The van der Waals surface area contributed by atoms with E-state index in [9.17, 15) is 14.4 Å². The predicted octanol–water partition coefficient (Wildman–Crippen LogP) is 4.33. The van der Waals surface area contributed by atoms with Gasteiger partial charge < -0.3 is 4.90 Å². The molecule has 2 fully saturated rings. The molecule has 7 heteroatoms. The van der Waals surface area contributed by atoms with E-state index >= 15 is 0 Å². The molecule has 4 amide bonds. The van der Waals surface area contributed by atoms with Gasteiger partial charge in [0.2, 0.25) is 0 Å². The first-order valence-corrected chi connectivity index (χ1v) is 10.7. The van der Waals surface area contributed by atoms with Crippen LogP contribution in [0.1, 0.15) is 29.5 Å². The van der Waals surface area contributed by atoms with Crippen LogP contribution in [0.15, 0.2) is 46.4 Å². The number of amides is 4. The van der Waals surface area contributed by atoms with Crippen LogP contribution in [0.5, 0.6) is 0 Å². The van der Waals surface area contributed by atoms with Crippen molar-refractivity contribution in [1.29, 1.82) is 0 Å². The number of benzene rings is 2. The maximum Gasteiger partial charge on any atom is 0.335 e. The predicted molar refractivity (Wildman–Crippen MR) is 121 cm³/mol. The lowest BCUT2D eigenvalue weighted by atomic mass is 10.0. The van der Waals surface area contributed by atoms with Gasteiger partial charge in [-0.05, 0) is 79.8 Å². The summed E-state index contributed by atoms with van der Waals surface area (Å²) >= 11 is 3.38. The topological polar surface area (TPSA) is 69.7 Å². The molecule has 2 heterocycles. The molecule has 2 aromatic rings. The molecule has 0 unspecified atom stereocenters. The van der Waals surface area contributed by atoms with Crippen molar-refractivity contribution in [3.63, 3.8) is 0 Å². The minimum Gasteiger partial charge on any atom is -0.372 e. The molecule has 2 saturated heterocycles. The van der Waals surface area contributed by atoms with Gasteiger partial charge in [0.25, 0.3) is 11.8 Å². The van der Waals surface area contributed by atoms with Gasteiger partial charge in [-0.15, -0.1) is 0 Å². The van der Waals surface area contributed by atoms with Crippen LogP contribution in [0.4, 0.5) is 16.2 Å². The zero-order valence-electron chi connectivity index (χ0n) is 16.9. The summed E-state index contributed by atoms with van der Waals surface area (Å²) in [5.41, 5.74) is 4.02. The van der Waals surface area contributed by atoms with Crippen molar-refractivity contribution >= 4 is 51.2 Å². The molecule has 1 N–H and O–H groups in total. The highest BCUT2D eigenvalue weighted by Crippen LogP contribution is 2.29. The Kier molecular flexibility index (Phi) is 5.47. The van der Waals surface area contributed by atoms with Gasteiger partial charge in [-0.25, -0.2) is 9.69 Å². The molecular weight excluding hydrogens is 446 g/mol. The molecule has 0 bridgehead atoms. The number of carbonyl (C=O) groups excluding carboxylic acids is 3. The summed E-state index contributed by atoms with van der Waals surface area (Å²) in [4.78, 5) is 41.4. The number of rotatable bonds is 3. The van der Waals surface area contributed by atoms with Gasteiger partial charge in [0.1, 0.15) is 5.57 Å². The molecule has 0 atom stereocenters. The highest BCUT2D eigenvalue weighted by Gasteiger charge is 2.37. The summed E-state index contributed by atoms with van der Waals surface area (Å²) in [6.07, 6.45) is 3.95. The zero-order valence-corrected chi connectivity index (χ0v) is 18.5. The third-order valence-corrected chi connectivity index (χ3v) is 6.02. The molecule has 30 heavy (non-hydrogen) atoms. The summed E-state index contributed by atoms with van der Waals surface area (Å²) in [6.45, 7) is 5.86. The Morgan fingerprint density at radius 3 is 2.37 bits per heavy atom. The summed E-state index contributed by atoms with van der Waals surface area (Å²) in [5, 5.41) is 2.29. The van der Waals surface area contributed by atoms with Crippen LogP contribution >= 0.6 is 15.9 Å². The van der Waals surface area contributed by atoms with Crippen molar-refractivity contribution in [3.05, 3.63) is 63.1 Å². The van der Waals surface area contributed by atoms with E-state index in [-0.39, 0.29) is 5.57 Å². The van der Waals surface area contributed by atoms with E-state index in [1.54, 1.807) is 18.2 Å². The standard InChI is InChI=1S/C23H22BrN3O3/c1-14-12-18(26-9-3-4-10-26)7-5-16(14)13-19-21(28)25-23(30)27(22(19)29)20-8-6-17(24)11-15(20)2/h5-8,11-13H,3-4,9-10H2,1-2H3,(H,25,28,30)/b19-13+. The van der Waals surface area contributed by atoms with Crippen molar-refractivity contribution < 1.29 is 14.4 Å². The zero-order chi connectivity index (χ0) is 21.4. The lowest BCUT2D eigenvalue weighted by Gasteiger charge is -2.27. The number of barbiturate groups is 1. The van der Waals surface area contributed by atoms with Crippen LogP contribution < -0.4 is 15.1 Å². The Balaban J connectivity index is 1.69. The second-order valence-electron chi connectivity index (χ2n) is 7.62. The molecule has 4 rings (SSSR count). The first kappa shape index (κ1) is 20.3. The molecule has 154 valence electrons. The fourth-order valence-corrected chi connectivity index (χ4v) is 4.37. The fraction of sp³-hybridized carbons (Fsp3) is 0.261. The van der Waals surface area contributed by atoms with Crippen LogP contribution in [0.3, 0.4) is 0 Å². The number of anilines is 2. The third-order valence-electron chi connectivity index (χ3n) is 5.53. The van der Waals surface area contributed by atoms with Crippen LogP contribution in [-0.4, -0.2) is 30.9 Å². The molecule has 2 aromatic carbocycles. The average Bonchev–Trinajstić information content (AvgIpc) is 3.22. The first-order chi connectivity index (χ1) is 14.3. The molecule has 2 aliphatic heterocycles. The van der Waals surface area contributed by atoms with E-state index < -0.39 is 17.8 Å². The van der Waals surface area contributed by atoms with Crippen molar-refractivity contribution in [1.82, 2.24) is 5.32 Å². The summed E-state index contributed by atoms with van der Waals surface area (Å²) in [7, 11) is 0. The minimum atomic E-state index is -0.742. The van der Waals surface area contributed by atoms with Gasteiger partial charge in [-0.2, -0.15) is 0 Å². The van der Waals surface area contributed by atoms with Gasteiger partial charge >= 0.3 is 6.03 Å². The number of urea groups is 1. The van der Waals surface area contributed by atoms with Crippen molar-refractivity contribution in [2.45, 2.75) is 26.7 Å². The third kappa shape index (κ3) is 3.77. The van der Waals surface area contributed by atoms with Crippen LogP contribution in [-0.2, 0) is 9.59 Å². The Hall–Kier alpha value is -2.93. The maximum absolute atomic E-state index is 13.1. The van der Waals surface area contributed by atoms with Gasteiger partial charge in [0, 0.05) is 23.2 Å². The molecule has 0 aromatic heterocycles. The quantitative estimate of drug-likeness (QED) is 0.538. The van der Waals surface area contributed by atoms with Gasteiger partial charge in [-0.1, -0.05) is 22.0 Å². The van der Waals surface area contributed by atoms with E-state index in [1.807, 2.05) is 32.0 Å². The normalized spacial score (nSPS) is 18.4. The molecule has 0 radical (unpaired) electrons. The number of carbonyl (C=O) groups is 3. The highest BCUT2D eigenvalue weighted by atomic mass is 79.9. The maximum atomic E-state index is 13.1. The number of nitrogens with one attached hydrogen (secondary N) is 1. The SMILES string of the molecule is Cc1cc(N2CCCC2)ccc1/C=C1\C(=O)NC(=O)N(c2ccc(Br)cc2C)C1=O. The summed E-state index contributed by atoms with van der Waals surface area (Å²) in [6, 6.07) is 10.5. The first-order valence-electron chi connectivity index (χ1n) is 9.88. The van der Waals surface area contributed by atoms with Gasteiger partial charge in [-0.3, -0.25) is 14.9 Å². The molecule has 0 spiro atoms. The van der Waals surface area contributed by atoms with Crippen molar-refractivity contribution in [2.24, 2.45) is 0 Å². The number of imide groups is 2. The van der Waals surface area contributed by atoms with Crippen LogP contribution in [0.2, 0.25) is 0 Å². The largest absolute Gasteiger partial charge is 0.372 e. The fourth-order valence-electron chi connectivity index (χ4n) is 3.90. The Morgan fingerprint density at radius 1 is 0.967 bits per heavy atom. The van der Waals surface area contributed by atoms with E-state index in [0.29, 0.717) is 5.69 Å². The lowest BCUT2D eigenvalue weighted by Crippen LogP contribution is -2.54. The Bertz CT molecular complexity index is 1090. The van der Waals surface area contributed by atoms with Gasteiger partial charge in [0.15, 0.2) is 0 Å². The second kappa shape index (κ2) is 8.07. The van der Waals surface area contributed by atoms with Crippen molar-refractivity contribution in [3.8, 4) is 0 Å². The number of aryl methyl sites for hydroxylation is 2. The van der Waals surface area contributed by atoms with Crippen LogP contribution in [0.25, 0.3) is 6.08 Å². The second-order valence-corrected chi connectivity index (χ2v) is 8.54. The minimum absolute atomic E-state index is 0.0612.